The summed E-state index contributed by atoms with van der Waals surface area (Å²) >= 11 is 0. The second kappa shape index (κ2) is 7.63. The zero-order valence-corrected chi connectivity index (χ0v) is 17.3. The van der Waals surface area contributed by atoms with Crippen LogP contribution in [0.2, 0.25) is 0 Å². The van der Waals surface area contributed by atoms with Gasteiger partial charge in [0.05, 0.1) is 23.8 Å². The molecule has 156 valence electrons. The Labute approximate surface area is 180 Å². The smallest absolute Gasteiger partial charge is 0.238 e. The van der Waals surface area contributed by atoms with Crippen molar-refractivity contribution in [3.05, 3.63) is 88.7 Å². The number of nitrogens with zero attached hydrogens (tertiary/aromatic N) is 2. The number of hydrogen-bond donors (Lipinski definition) is 1. The molecule has 1 amide bonds. The number of fused-ring (bicyclic) bond motifs is 2. The van der Waals surface area contributed by atoms with Gasteiger partial charge in [-0.1, -0.05) is 36.4 Å². The summed E-state index contributed by atoms with van der Waals surface area (Å²) in [5.41, 5.74) is 2.99. The molecule has 0 radical (unpaired) electrons. The molecule has 0 bridgehead atoms. The minimum atomic E-state index is -0.232. The van der Waals surface area contributed by atoms with Gasteiger partial charge in [0.1, 0.15) is 0 Å². The molecule has 2 aromatic carbocycles. The van der Waals surface area contributed by atoms with Crippen molar-refractivity contribution < 1.29 is 14.4 Å². The van der Waals surface area contributed by atoms with Crippen LogP contribution in [0.3, 0.4) is 0 Å². The summed E-state index contributed by atoms with van der Waals surface area (Å²) in [6.07, 6.45) is 4.06. The number of aromatic nitrogens is 1. The Bertz CT molecular complexity index is 1210. The van der Waals surface area contributed by atoms with Crippen molar-refractivity contribution >= 4 is 23.2 Å². The summed E-state index contributed by atoms with van der Waals surface area (Å²) in [5.74, 6) is -0.609. The predicted octanol–water partition coefficient (Wildman–Crippen LogP) is 3.58. The lowest BCUT2D eigenvalue weighted by Crippen LogP contribution is -2.34. The number of aryl methyl sites for hydroxylation is 1. The highest BCUT2D eigenvalue weighted by Crippen LogP contribution is 2.33. The Balaban J connectivity index is 1.39. The summed E-state index contributed by atoms with van der Waals surface area (Å²) in [6, 6.07) is 16.2. The Kier molecular flexibility index (Phi) is 4.79. The summed E-state index contributed by atoms with van der Waals surface area (Å²) in [7, 11) is 2.02. The molecule has 2 aliphatic rings. The number of rotatable bonds is 4. The molecule has 3 aromatic rings. The fourth-order valence-corrected chi connectivity index (χ4v) is 4.79. The molecule has 1 N–H and O–H groups in total. The Hall–Kier alpha value is -3.51. The van der Waals surface area contributed by atoms with Crippen molar-refractivity contribution in [1.82, 2.24) is 9.47 Å². The molecule has 1 saturated heterocycles. The minimum Gasteiger partial charge on any atom is -0.353 e. The van der Waals surface area contributed by atoms with Gasteiger partial charge in [-0.25, -0.2) is 0 Å². The number of anilines is 1. The van der Waals surface area contributed by atoms with E-state index in [-0.39, 0.29) is 35.6 Å². The van der Waals surface area contributed by atoms with Gasteiger partial charge in [0.15, 0.2) is 11.6 Å². The lowest BCUT2D eigenvalue weighted by atomic mass is 9.83. The van der Waals surface area contributed by atoms with E-state index < -0.39 is 0 Å². The van der Waals surface area contributed by atoms with E-state index in [2.05, 4.69) is 20.9 Å². The van der Waals surface area contributed by atoms with E-state index in [0.717, 1.165) is 19.4 Å². The monoisotopic (exact) mass is 413 g/mol. The van der Waals surface area contributed by atoms with E-state index in [1.54, 1.807) is 42.5 Å². The molecule has 0 spiro atoms. The van der Waals surface area contributed by atoms with E-state index in [1.807, 2.05) is 19.3 Å². The van der Waals surface area contributed by atoms with Gasteiger partial charge in [-0.2, -0.15) is 0 Å². The highest BCUT2D eigenvalue weighted by atomic mass is 16.2. The van der Waals surface area contributed by atoms with Gasteiger partial charge < -0.3 is 9.88 Å². The van der Waals surface area contributed by atoms with Crippen LogP contribution in [0.5, 0.6) is 0 Å². The molecule has 6 nitrogen and oxygen atoms in total. The highest BCUT2D eigenvalue weighted by molar-refractivity contribution is 6.30. The third-order valence-corrected chi connectivity index (χ3v) is 6.26. The van der Waals surface area contributed by atoms with Crippen LogP contribution in [-0.4, -0.2) is 40.0 Å². The molecule has 6 heteroatoms. The molecule has 1 fully saturated rings. The van der Waals surface area contributed by atoms with Crippen LogP contribution < -0.4 is 5.32 Å². The quantitative estimate of drug-likeness (QED) is 0.555. The molecular formula is C25H23N3O3. The molecule has 1 atom stereocenters. The molecule has 0 saturated carbocycles. The van der Waals surface area contributed by atoms with Gasteiger partial charge in [-0.05, 0) is 37.6 Å². The average Bonchev–Trinajstić information content (AvgIpc) is 3.40. The normalized spacial score (nSPS) is 18.0. The molecule has 2 heterocycles. The van der Waals surface area contributed by atoms with Crippen molar-refractivity contribution in [3.8, 4) is 0 Å². The molecule has 5 rings (SSSR count). The summed E-state index contributed by atoms with van der Waals surface area (Å²) in [5, 5.41) is 2.90. The van der Waals surface area contributed by atoms with E-state index in [9.17, 15) is 14.4 Å². The van der Waals surface area contributed by atoms with Crippen LogP contribution in [0, 0.1) is 0 Å². The summed E-state index contributed by atoms with van der Waals surface area (Å²) < 4.78 is 2.09. The largest absolute Gasteiger partial charge is 0.353 e. The SMILES string of the molecule is Cn1cccc1[C@H]1CCCN1CC(=O)Nc1cccc2c1C(=O)c1ccccc1C2=O. The van der Waals surface area contributed by atoms with Gasteiger partial charge >= 0.3 is 0 Å². The zero-order valence-electron chi connectivity index (χ0n) is 17.3. The minimum absolute atomic E-state index is 0.186. The lowest BCUT2D eigenvalue weighted by Gasteiger charge is -2.25. The van der Waals surface area contributed by atoms with Gasteiger partial charge in [0.2, 0.25) is 5.91 Å². The number of carbonyl (C=O) groups excluding carboxylic acids is 3. The predicted molar refractivity (Wildman–Crippen MR) is 117 cm³/mol. The highest BCUT2D eigenvalue weighted by Gasteiger charge is 2.33. The van der Waals surface area contributed by atoms with Crippen molar-refractivity contribution in [1.29, 1.82) is 0 Å². The number of ketones is 2. The van der Waals surface area contributed by atoms with Gasteiger partial charge in [-0.15, -0.1) is 0 Å². The Morgan fingerprint density at radius 3 is 2.45 bits per heavy atom. The van der Waals surface area contributed by atoms with Crippen LogP contribution in [-0.2, 0) is 11.8 Å². The second-order valence-corrected chi connectivity index (χ2v) is 8.15. The van der Waals surface area contributed by atoms with E-state index in [4.69, 9.17) is 0 Å². The number of likely N-dealkylation sites (tertiary alicyclic amines) is 1. The molecular weight excluding hydrogens is 390 g/mol. The van der Waals surface area contributed by atoms with Crippen LogP contribution in [0.1, 0.15) is 56.4 Å². The average molecular weight is 413 g/mol. The molecule has 31 heavy (non-hydrogen) atoms. The van der Waals surface area contributed by atoms with E-state index >= 15 is 0 Å². The maximum atomic E-state index is 13.1. The third-order valence-electron chi connectivity index (χ3n) is 6.26. The van der Waals surface area contributed by atoms with Crippen LogP contribution in [0.25, 0.3) is 0 Å². The van der Waals surface area contributed by atoms with E-state index in [0.29, 0.717) is 22.4 Å². The second-order valence-electron chi connectivity index (χ2n) is 8.15. The first-order valence-corrected chi connectivity index (χ1v) is 10.5. The molecule has 0 unspecified atom stereocenters. The van der Waals surface area contributed by atoms with Gasteiger partial charge in [-0.3, -0.25) is 19.3 Å². The zero-order chi connectivity index (χ0) is 21.5. The number of carbonyl (C=O) groups is 3. The van der Waals surface area contributed by atoms with Crippen molar-refractivity contribution in [3.63, 3.8) is 0 Å². The van der Waals surface area contributed by atoms with Crippen molar-refractivity contribution in [2.24, 2.45) is 7.05 Å². The number of benzene rings is 2. The van der Waals surface area contributed by atoms with Crippen LogP contribution >= 0.6 is 0 Å². The maximum absolute atomic E-state index is 13.1. The van der Waals surface area contributed by atoms with Gasteiger partial charge in [0.25, 0.3) is 0 Å². The Morgan fingerprint density at radius 2 is 1.71 bits per heavy atom. The first-order chi connectivity index (χ1) is 15.0. The standard InChI is InChI=1S/C25H23N3O3/c1-27-13-5-11-20(27)21-12-6-14-28(21)15-22(29)26-19-10-4-9-18-23(19)25(31)17-8-3-2-7-16(17)24(18)30/h2-5,7-11,13,21H,6,12,14-15H2,1H3,(H,26,29)/t21-/m1/s1. The fraction of sp³-hybridized carbons (Fsp3) is 0.240. The lowest BCUT2D eigenvalue weighted by molar-refractivity contribution is -0.117. The third kappa shape index (κ3) is 3.29. The fourth-order valence-electron chi connectivity index (χ4n) is 4.79. The van der Waals surface area contributed by atoms with E-state index in [1.165, 1.54) is 5.69 Å². The van der Waals surface area contributed by atoms with Crippen molar-refractivity contribution in [2.75, 3.05) is 18.4 Å². The summed E-state index contributed by atoms with van der Waals surface area (Å²) in [6.45, 7) is 1.08. The van der Waals surface area contributed by atoms with Crippen LogP contribution in [0.4, 0.5) is 5.69 Å². The maximum Gasteiger partial charge on any atom is 0.238 e. The molecule has 1 aliphatic carbocycles. The topological polar surface area (TPSA) is 71.4 Å². The molecule has 1 aromatic heterocycles. The first kappa shape index (κ1) is 19.5. The first-order valence-electron chi connectivity index (χ1n) is 10.5. The number of nitrogens with one attached hydrogen (secondary N) is 1. The Morgan fingerprint density at radius 1 is 0.968 bits per heavy atom. The van der Waals surface area contributed by atoms with Crippen molar-refractivity contribution in [2.45, 2.75) is 18.9 Å². The summed E-state index contributed by atoms with van der Waals surface area (Å²) in [4.78, 5) is 41.1. The number of amides is 1. The van der Waals surface area contributed by atoms with Crippen LogP contribution in [0.15, 0.2) is 60.8 Å². The van der Waals surface area contributed by atoms with Gasteiger partial charge in [0, 0.05) is 35.6 Å². The number of hydrogen-bond acceptors (Lipinski definition) is 4. The molecule has 1 aliphatic heterocycles.